The summed E-state index contributed by atoms with van der Waals surface area (Å²) in [6, 6.07) is 9.85. The number of aromatic nitrogens is 4. The van der Waals surface area contributed by atoms with E-state index in [2.05, 4.69) is 20.0 Å². The van der Waals surface area contributed by atoms with E-state index in [1.807, 2.05) is 41.3 Å². The number of H-pyrrole nitrogens is 1. The first-order valence-electron chi connectivity index (χ1n) is 7.99. The van der Waals surface area contributed by atoms with Crippen LogP contribution in [0.1, 0.15) is 18.7 Å². The topological polar surface area (TPSA) is 66.8 Å². The minimum absolute atomic E-state index is 0.0616. The van der Waals surface area contributed by atoms with Crippen molar-refractivity contribution in [3.05, 3.63) is 58.9 Å². The van der Waals surface area contributed by atoms with Crippen molar-refractivity contribution in [1.29, 1.82) is 0 Å². The van der Waals surface area contributed by atoms with Crippen LogP contribution in [-0.2, 0) is 13.1 Å². The van der Waals surface area contributed by atoms with Crippen LogP contribution in [0, 0.1) is 0 Å². The van der Waals surface area contributed by atoms with E-state index in [1.54, 1.807) is 6.07 Å². The number of hydrogen-bond acceptors (Lipinski definition) is 4. The van der Waals surface area contributed by atoms with Gasteiger partial charge in [0, 0.05) is 18.4 Å². The second kappa shape index (κ2) is 5.96. The first-order valence-corrected chi connectivity index (χ1v) is 7.99. The maximum Gasteiger partial charge on any atom is 0.258 e. The smallest absolute Gasteiger partial charge is 0.258 e. The molecule has 0 spiro atoms. The molecule has 0 aliphatic carbocycles. The van der Waals surface area contributed by atoms with Crippen LogP contribution in [0.25, 0.3) is 10.9 Å². The maximum atomic E-state index is 12.2. The molecule has 3 aromatic rings. The monoisotopic (exact) mass is 309 g/mol. The highest BCUT2D eigenvalue weighted by atomic mass is 16.1. The molecule has 0 radical (unpaired) electrons. The Balaban J connectivity index is 1.56. The molecule has 1 unspecified atom stereocenters. The van der Waals surface area contributed by atoms with E-state index in [0.29, 0.717) is 18.0 Å². The Morgan fingerprint density at radius 1 is 1.26 bits per heavy atom. The van der Waals surface area contributed by atoms with Crippen molar-refractivity contribution < 1.29 is 0 Å². The first kappa shape index (κ1) is 14.1. The zero-order chi connectivity index (χ0) is 15.6. The molecule has 1 N–H and O–H groups in total. The molecule has 118 valence electrons. The Bertz CT molecular complexity index is 855. The molecule has 1 atom stereocenters. The maximum absolute atomic E-state index is 12.2. The molecular formula is C17H19N5O. The van der Waals surface area contributed by atoms with Crippen molar-refractivity contribution in [1.82, 2.24) is 24.6 Å². The minimum Gasteiger partial charge on any atom is -0.309 e. The summed E-state index contributed by atoms with van der Waals surface area (Å²) in [6.07, 6.45) is 6.12. The molecule has 2 aromatic heterocycles. The van der Waals surface area contributed by atoms with Crippen LogP contribution < -0.4 is 5.56 Å². The number of likely N-dealkylation sites (tertiary alicyclic amines) is 1. The zero-order valence-corrected chi connectivity index (χ0v) is 12.9. The van der Waals surface area contributed by atoms with Crippen LogP contribution >= 0.6 is 0 Å². The van der Waals surface area contributed by atoms with Gasteiger partial charge in [-0.2, -0.15) is 5.10 Å². The number of hydrogen-bond donors (Lipinski definition) is 1. The summed E-state index contributed by atoms with van der Waals surface area (Å²) < 4.78 is 1.97. The molecule has 0 amide bonds. The second-order valence-corrected chi connectivity index (χ2v) is 6.02. The van der Waals surface area contributed by atoms with Crippen LogP contribution in [-0.4, -0.2) is 37.2 Å². The van der Waals surface area contributed by atoms with Gasteiger partial charge in [-0.25, -0.2) is 4.98 Å². The van der Waals surface area contributed by atoms with Crippen molar-refractivity contribution >= 4 is 10.9 Å². The van der Waals surface area contributed by atoms with E-state index in [4.69, 9.17) is 0 Å². The highest BCUT2D eigenvalue weighted by Crippen LogP contribution is 2.20. The molecule has 0 saturated carbocycles. The van der Waals surface area contributed by atoms with E-state index < -0.39 is 0 Å². The molecule has 0 bridgehead atoms. The molecule has 6 heteroatoms. The Kier molecular flexibility index (Phi) is 3.67. The van der Waals surface area contributed by atoms with Crippen molar-refractivity contribution in [2.24, 2.45) is 0 Å². The quantitative estimate of drug-likeness (QED) is 0.798. The Morgan fingerprint density at radius 3 is 3.04 bits per heavy atom. The van der Waals surface area contributed by atoms with E-state index in [-0.39, 0.29) is 5.56 Å². The number of aromatic amines is 1. The van der Waals surface area contributed by atoms with Crippen LogP contribution in [0.3, 0.4) is 0 Å². The third-order valence-electron chi connectivity index (χ3n) is 4.47. The van der Waals surface area contributed by atoms with Crippen LogP contribution in [0.5, 0.6) is 0 Å². The van der Waals surface area contributed by atoms with Crippen LogP contribution in [0.15, 0.2) is 47.5 Å². The van der Waals surface area contributed by atoms with Crippen LogP contribution in [0.4, 0.5) is 0 Å². The number of para-hydroxylation sites is 1. The average Bonchev–Trinajstić information content (AvgIpc) is 3.21. The van der Waals surface area contributed by atoms with Gasteiger partial charge >= 0.3 is 0 Å². The van der Waals surface area contributed by atoms with E-state index >= 15 is 0 Å². The minimum atomic E-state index is -0.0616. The Labute approximate surface area is 133 Å². The summed E-state index contributed by atoms with van der Waals surface area (Å²) in [7, 11) is 0. The predicted molar refractivity (Wildman–Crippen MR) is 88.0 cm³/mol. The number of benzene rings is 1. The molecule has 1 aliphatic heterocycles. The molecule has 3 heterocycles. The van der Waals surface area contributed by atoms with Gasteiger partial charge in [-0.3, -0.25) is 14.4 Å². The fourth-order valence-electron chi connectivity index (χ4n) is 3.34. The summed E-state index contributed by atoms with van der Waals surface area (Å²) in [5.41, 5.74) is 0.697. The van der Waals surface area contributed by atoms with Gasteiger partial charge in [-0.1, -0.05) is 12.1 Å². The van der Waals surface area contributed by atoms with Crippen molar-refractivity contribution in [2.75, 3.05) is 6.54 Å². The predicted octanol–water partition coefficient (Wildman–Crippen LogP) is 1.78. The van der Waals surface area contributed by atoms with E-state index in [1.165, 1.54) is 6.42 Å². The Hall–Kier alpha value is -2.47. The second-order valence-electron chi connectivity index (χ2n) is 6.02. The lowest BCUT2D eigenvalue weighted by molar-refractivity contribution is 0.214. The van der Waals surface area contributed by atoms with Gasteiger partial charge in [-0.15, -0.1) is 0 Å². The summed E-state index contributed by atoms with van der Waals surface area (Å²) >= 11 is 0. The molecule has 23 heavy (non-hydrogen) atoms. The summed E-state index contributed by atoms with van der Waals surface area (Å²) in [5, 5.41) is 4.94. The fraction of sp³-hybridized carbons (Fsp3) is 0.353. The summed E-state index contributed by atoms with van der Waals surface area (Å²) in [4.78, 5) is 22.1. The third kappa shape index (κ3) is 2.90. The van der Waals surface area contributed by atoms with Crippen molar-refractivity contribution in [3.8, 4) is 0 Å². The van der Waals surface area contributed by atoms with Gasteiger partial charge in [0.2, 0.25) is 0 Å². The zero-order valence-electron chi connectivity index (χ0n) is 12.9. The largest absolute Gasteiger partial charge is 0.309 e. The molecule has 1 saturated heterocycles. The summed E-state index contributed by atoms with van der Waals surface area (Å²) in [5.74, 6) is 0.737. The van der Waals surface area contributed by atoms with Gasteiger partial charge in [0.05, 0.1) is 24.0 Å². The molecular weight excluding hydrogens is 290 g/mol. The molecule has 1 aromatic carbocycles. The standard InChI is InChI=1S/C17H19N5O/c23-17-14-6-1-2-7-15(14)19-16(20-17)12-21-9-3-5-13(21)11-22-10-4-8-18-22/h1-2,4,6-8,10,13H,3,5,9,11-12H2,(H,19,20,23). The molecule has 6 nitrogen and oxygen atoms in total. The highest BCUT2D eigenvalue weighted by Gasteiger charge is 2.25. The lowest BCUT2D eigenvalue weighted by atomic mass is 10.2. The van der Waals surface area contributed by atoms with Gasteiger partial charge < -0.3 is 4.98 Å². The van der Waals surface area contributed by atoms with Gasteiger partial charge in [0.1, 0.15) is 5.82 Å². The fourth-order valence-corrected chi connectivity index (χ4v) is 3.34. The lowest BCUT2D eigenvalue weighted by Crippen LogP contribution is -2.33. The first-order chi connectivity index (χ1) is 11.3. The molecule has 1 fully saturated rings. The number of rotatable bonds is 4. The van der Waals surface area contributed by atoms with Gasteiger partial charge in [0.25, 0.3) is 5.56 Å². The lowest BCUT2D eigenvalue weighted by Gasteiger charge is -2.23. The molecule has 1 aliphatic rings. The van der Waals surface area contributed by atoms with Crippen molar-refractivity contribution in [2.45, 2.75) is 32.0 Å². The molecule has 4 rings (SSSR count). The Morgan fingerprint density at radius 2 is 2.17 bits per heavy atom. The number of nitrogens with one attached hydrogen (secondary N) is 1. The SMILES string of the molecule is O=c1[nH]c(CN2CCCC2Cn2cccn2)nc2ccccc12. The highest BCUT2D eigenvalue weighted by molar-refractivity contribution is 5.77. The van der Waals surface area contributed by atoms with Gasteiger partial charge in [-0.05, 0) is 37.6 Å². The third-order valence-corrected chi connectivity index (χ3v) is 4.47. The summed E-state index contributed by atoms with van der Waals surface area (Å²) in [6.45, 7) is 2.58. The van der Waals surface area contributed by atoms with Crippen LogP contribution in [0.2, 0.25) is 0 Å². The number of nitrogens with zero attached hydrogens (tertiary/aromatic N) is 4. The van der Waals surface area contributed by atoms with Gasteiger partial charge in [0.15, 0.2) is 0 Å². The van der Waals surface area contributed by atoms with E-state index in [9.17, 15) is 4.79 Å². The number of fused-ring (bicyclic) bond motifs is 1. The van der Waals surface area contributed by atoms with E-state index in [0.717, 1.165) is 30.9 Å². The van der Waals surface area contributed by atoms with Crippen molar-refractivity contribution in [3.63, 3.8) is 0 Å². The average molecular weight is 309 g/mol. The normalized spacial score (nSPS) is 18.7.